The number of carbonyl (C=O) groups excluding carboxylic acids is 1. The number of likely N-dealkylation sites (tertiary alicyclic amines) is 1. The van der Waals surface area contributed by atoms with E-state index in [0.29, 0.717) is 11.7 Å². The average molecular weight is 326 g/mol. The standard InChI is InChI=1S/C17H23NO3.ClH/c1-12(2)9-14(18-7-3-4-8-18)17(19)13-5-6-15-16(10-13)21-11-20-15;/h5-6,10,12,14H,3-4,7-9,11H2,1-2H3;1H. The van der Waals surface area contributed by atoms with Gasteiger partial charge in [0.15, 0.2) is 17.3 Å². The Bertz CT molecular complexity index is 527. The van der Waals surface area contributed by atoms with Gasteiger partial charge in [0.2, 0.25) is 6.79 Å². The van der Waals surface area contributed by atoms with Crippen molar-refractivity contribution in [2.24, 2.45) is 5.92 Å². The molecule has 0 aromatic heterocycles. The number of benzene rings is 1. The molecule has 3 rings (SSSR count). The monoisotopic (exact) mass is 325 g/mol. The minimum Gasteiger partial charge on any atom is -0.454 e. The highest BCUT2D eigenvalue weighted by Gasteiger charge is 2.30. The molecule has 122 valence electrons. The third-order valence-corrected chi connectivity index (χ3v) is 4.24. The van der Waals surface area contributed by atoms with Crippen molar-refractivity contribution < 1.29 is 14.3 Å². The van der Waals surface area contributed by atoms with Crippen molar-refractivity contribution in [3.05, 3.63) is 23.8 Å². The number of nitrogens with zero attached hydrogens (tertiary/aromatic N) is 1. The van der Waals surface area contributed by atoms with Gasteiger partial charge in [0, 0.05) is 5.56 Å². The summed E-state index contributed by atoms with van der Waals surface area (Å²) in [5.74, 6) is 2.14. The van der Waals surface area contributed by atoms with Gasteiger partial charge in [0.1, 0.15) is 0 Å². The second kappa shape index (κ2) is 7.34. The van der Waals surface area contributed by atoms with Crippen LogP contribution in [0.2, 0.25) is 0 Å². The fourth-order valence-electron chi connectivity index (χ4n) is 3.16. The van der Waals surface area contributed by atoms with E-state index < -0.39 is 0 Å². The Labute approximate surface area is 138 Å². The summed E-state index contributed by atoms with van der Waals surface area (Å²) in [6.07, 6.45) is 3.30. The predicted octanol–water partition coefficient (Wildman–Crippen LogP) is 3.53. The highest BCUT2D eigenvalue weighted by molar-refractivity contribution is 6.00. The minimum atomic E-state index is -0.00660. The third kappa shape index (κ3) is 3.55. The Morgan fingerprint density at radius 2 is 1.86 bits per heavy atom. The smallest absolute Gasteiger partial charge is 0.231 e. The van der Waals surface area contributed by atoms with Crippen LogP contribution in [0.3, 0.4) is 0 Å². The van der Waals surface area contributed by atoms with Gasteiger partial charge in [-0.15, -0.1) is 12.4 Å². The molecule has 1 aromatic carbocycles. The topological polar surface area (TPSA) is 38.8 Å². The number of ether oxygens (including phenoxy) is 2. The van der Waals surface area contributed by atoms with Gasteiger partial charge in [0.05, 0.1) is 6.04 Å². The number of carbonyl (C=O) groups is 1. The lowest BCUT2D eigenvalue weighted by Gasteiger charge is -2.27. The molecule has 4 nitrogen and oxygen atoms in total. The van der Waals surface area contributed by atoms with Crippen LogP contribution in [0.5, 0.6) is 11.5 Å². The van der Waals surface area contributed by atoms with E-state index in [9.17, 15) is 4.79 Å². The second-order valence-electron chi connectivity index (χ2n) is 6.32. The first-order chi connectivity index (χ1) is 10.1. The zero-order valence-electron chi connectivity index (χ0n) is 13.2. The molecule has 22 heavy (non-hydrogen) atoms. The van der Waals surface area contributed by atoms with E-state index in [4.69, 9.17) is 9.47 Å². The van der Waals surface area contributed by atoms with Gasteiger partial charge < -0.3 is 9.47 Å². The third-order valence-electron chi connectivity index (χ3n) is 4.24. The molecule has 0 bridgehead atoms. The average Bonchev–Trinajstić information content (AvgIpc) is 3.13. The van der Waals surface area contributed by atoms with E-state index in [-0.39, 0.29) is 31.0 Å². The fraction of sp³-hybridized carbons (Fsp3) is 0.588. The molecule has 5 heteroatoms. The largest absolute Gasteiger partial charge is 0.454 e. The van der Waals surface area contributed by atoms with Gasteiger partial charge in [-0.2, -0.15) is 0 Å². The summed E-state index contributed by atoms with van der Waals surface area (Å²) in [6.45, 7) is 6.67. The van der Waals surface area contributed by atoms with Gasteiger partial charge in [0.25, 0.3) is 0 Å². The van der Waals surface area contributed by atoms with Crippen molar-refractivity contribution in [3.63, 3.8) is 0 Å². The van der Waals surface area contributed by atoms with Crippen LogP contribution < -0.4 is 9.47 Å². The highest BCUT2D eigenvalue weighted by atomic mass is 35.5. The van der Waals surface area contributed by atoms with Gasteiger partial charge in [-0.25, -0.2) is 0 Å². The first-order valence-electron chi connectivity index (χ1n) is 7.83. The van der Waals surface area contributed by atoms with Crippen LogP contribution in [-0.2, 0) is 0 Å². The first-order valence-corrected chi connectivity index (χ1v) is 7.83. The van der Waals surface area contributed by atoms with Crippen LogP contribution in [-0.4, -0.2) is 36.6 Å². The molecule has 1 saturated heterocycles. The Kier molecular flexibility index (Phi) is 5.70. The summed E-state index contributed by atoms with van der Waals surface area (Å²) >= 11 is 0. The summed E-state index contributed by atoms with van der Waals surface area (Å²) in [5, 5.41) is 0. The zero-order valence-corrected chi connectivity index (χ0v) is 14.0. The van der Waals surface area contributed by atoms with E-state index in [1.165, 1.54) is 12.8 Å². The Hall–Kier alpha value is -1.26. The molecule has 0 aliphatic carbocycles. The van der Waals surface area contributed by atoms with E-state index in [2.05, 4.69) is 18.7 Å². The number of hydrogen-bond donors (Lipinski definition) is 0. The SMILES string of the molecule is CC(C)CC(C(=O)c1ccc2c(c1)OCO2)N1CCCC1.Cl. The molecule has 0 radical (unpaired) electrons. The molecule has 0 N–H and O–H groups in total. The molecule has 1 atom stereocenters. The number of hydrogen-bond acceptors (Lipinski definition) is 4. The summed E-state index contributed by atoms with van der Waals surface area (Å²) in [5.41, 5.74) is 0.733. The molecule has 1 unspecified atom stereocenters. The number of ketones is 1. The summed E-state index contributed by atoms with van der Waals surface area (Å²) in [7, 11) is 0. The highest BCUT2D eigenvalue weighted by Crippen LogP contribution is 2.33. The van der Waals surface area contributed by atoms with Gasteiger partial charge in [-0.05, 0) is 56.5 Å². The van der Waals surface area contributed by atoms with Crippen LogP contribution in [0.15, 0.2) is 18.2 Å². The van der Waals surface area contributed by atoms with Gasteiger partial charge in [-0.3, -0.25) is 9.69 Å². The maximum absolute atomic E-state index is 12.9. The van der Waals surface area contributed by atoms with Crippen molar-refractivity contribution in [3.8, 4) is 11.5 Å². The predicted molar refractivity (Wildman–Crippen MR) is 88.2 cm³/mol. The van der Waals surface area contributed by atoms with Gasteiger partial charge >= 0.3 is 0 Å². The summed E-state index contributed by atoms with van der Waals surface area (Å²) < 4.78 is 10.7. The van der Waals surface area contributed by atoms with E-state index in [0.717, 1.165) is 30.8 Å². The van der Waals surface area contributed by atoms with E-state index in [1.807, 2.05) is 18.2 Å². The molecule has 2 aliphatic rings. The lowest BCUT2D eigenvalue weighted by molar-refractivity contribution is 0.0821. The number of Topliss-reactive ketones (excluding diaryl/α,β-unsaturated/α-hetero) is 1. The van der Waals surface area contributed by atoms with Crippen LogP contribution in [0.1, 0.15) is 43.5 Å². The zero-order chi connectivity index (χ0) is 14.8. The van der Waals surface area contributed by atoms with Gasteiger partial charge in [-0.1, -0.05) is 13.8 Å². The fourth-order valence-corrected chi connectivity index (χ4v) is 3.16. The van der Waals surface area contributed by atoms with Crippen LogP contribution >= 0.6 is 12.4 Å². The van der Waals surface area contributed by atoms with E-state index >= 15 is 0 Å². The Balaban J connectivity index is 0.00000176. The molecule has 2 aliphatic heterocycles. The summed E-state index contributed by atoms with van der Waals surface area (Å²) in [4.78, 5) is 15.3. The van der Waals surface area contributed by atoms with E-state index in [1.54, 1.807) is 0 Å². The van der Waals surface area contributed by atoms with Crippen LogP contribution in [0.25, 0.3) is 0 Å². The number of fused-ring (bicyclic) bond motifs is 1. The quantitative estimate of drug-likeness (QED) is 0.776. The Morgan fingerprint density at radius 1 is 1.18 bits per heavy atom. The number of halogens is 1. The molecular weight excluding hydrogens is 302 g/mol. The molecule has 1 fully saturated rings. The molecule has 0 saturated carbocycles. The maximum atomic E-state index is 12.9. The lowest BCUT2D eigenvalue weighted by Crippen LogP contribution is -2.40. The molecule has 1 aromatic rings. The van der Waals surface area contributed by atoms with Crippen LogP contribution in [0, 0.1) is 5.92 Å². The number of rotatable bonds is 5. The molecule has 2 heterocycles. The summed E-state index contributed by atoms with van der Waals surface area (Å²) in [6, 6.07) is 5.52. The lowest BCUT2D eigenvalue weighted by atomic mass is 9.94. The minimum absolute atomic E-state index is 0. The maximum Gasteiger partial charge on any atom is 0.231 e. The molecular formula is C17H24ClNO3. The molecule has 0 amide bonds. The Morgan fingerprint density at radius 3 is 2.55 bits per heavy atom. The van der Waals surface area contributed by atoms with Crippen molar-refractivity contribution in [1.29, 1.82) is 0 Å². The van der Waals surface area contributed by atoms with Crippen LogP contribution in [0.4, 0.5) is 0 Å². The second-order valence-corrected chi connectivity index (χ2v) is 6.32. The van der Waals surface area contributed by atoms with Crippen molar-refractivity contribution in [1.82, 2.24) is 4.90 Å². The van der Waals surface area contributed by atoms with Crippen molar-refractivity contribution in [2.45, 2.75) is 39.2 Å². The van der Waals surface area contributed by atoms with Crippen molar-refractivity contribution in [2.75, 3.05) is 19.9 Å². The first kappa shape index (κ1) is 17.1. The molecule has 0 spiro atoms. The van der Waals surface area contributed by atoms with Crippen molar-refractivity contribution >= 4 is 18.2 Å². The normalized spacial score (nSPS) is 18.3.